The number of halogens is 3. The van der Waals surface area contributed by atoms with E-state index in [-0.39, 0.29) is 23.0 Å². The fourth-order valence-corrected chi connectivity index (χ4v) is 4.14. The second-order valence-electron chi connectivity index (χ2n) is 7.75. The molecule has 0 heterocycles. The van der Waals surface area contributed by atoms with Crippen molar-refractivity contribution in [1.29, 1.82) is 0 Å². The van der Waals surface area contributed by atoms with E-state index in [0.29, 0.717) is 35.1 Å². The molecule has 3 aromatic rings. The molecular formula is C25H19F3O4. The zero-order chi connectivity index (χ0) is 23.0. The number of carbonyl (C=O) groups is 2. The van der Waals surface area contributed by atoms with E-state index in [0.717, 1.165) is 17.7 Å². The largest absolute Gasteiger partial charge is 0.497 e. The van der Waals surface area contributed by atoms with Crippen LogP contribution in [0, 0.1) is 5.92 Å². The van der Waals surface area contributed by atoms with Gasteiger partial charge < -0.3 is 9.84 Å². The topological polar surface area (TPSA) is 63.6 Å². The zero-order valence-electron chi connectivity index (χ0n) is 17.1. The van der Waals surface area contributed by atoms with Crippen molar-refractivity contribution in [2.45, 2.75) is 19.0 Å². The van der Waals surface area contributed by atoms with Gasteiger partial charge >= 0.3 is 12.1 Å². The molecule has 0 bridgehead atoms. The first-order valence-corrected chi connectivity index (χ1v) is 9.92. The third-order valence-electron chi connectivity index (χ3n) is 5.73. The molecule has 32 heavy (non-hydrogen) atoms. The van der Waals surface area contributed by atoms with Crippen molar-refractivity contribution in [2.75, 3.05) is 7.11 Å². The molecular weight excluding hydrogens is 421 g/mol. The Balaban J connectivity index is 1.68. The van der Waals surface area contributed by atoms with E-state index >= 15 is 0 Å². The minimum atomic E-state index is -4.53. The predicted molar refractivity (Wildman–Crippen MR) is 112 cm³/mol. The molecule has 3 aromatic carbocycles. The molecule has 1 aliphatic carbocycles. The van der Waals surface area contributed by atoms with Crippen molar-refractivity contribution < 1.29 is 32.6 Å². The molecule has 0 saturated carbocycles. The number of alkyl halides is 3. The molecule has 0 aliphatic heterocycles. The van der Waals surface area contributed by atoms with Gasteiger partial charge in [-0.05, 0) is 65.4 Å². The summed E-state index contributed by atoms with van der Waals surface area (Å²) in [6, 6.07) is 15.0. The Morgan fingerprint density at radius 3 is 2.38 bits per heavy atom. The number of aromatic carboxylic acids is 1. The lowest BCUT2D eigenvalue weighted by molar-refractivity contribution is -0.137. The highest BCUT2D eigenvalue weighted by atomic mass is 19.4. The second kappa shape index (κ2) is 8.15. The van der Waals surface area contributed by atoms with Crippen molar-refractivity contribution in [3.63, 3.8) is 0 Å². The first-order valence-electron chi connectivity index (χ1n) is 9.92. The van der Waals surface area contributed by atoms with Gasteiger partial charge in [-0.2, -0.15) is 13.2 Å². The van der Waals surface area contributed by atoms with E-state index in [4.69, 9.17) is 9.84 Å². The van der Waals surface area contributed by atoms with Crippen molar-refractivity contribution >= 4 is 11.8 Å². The Hall–Kier alpha value is -3.61. The van der Waals surface area contributed by atoms with Crippen LogP contribution in [0.25, 0.3) is 11.1 Å². The van der Waals surface area contributed by atoms with Crippen molar-refractivity contribution in [3.05, 3.63) is 88.5 Å². The molecule has 1 unspecified atom stereocenters. The Labute approximate surface area is 182 Å². The number of rotatable bonds is 5. The molecule has 7 heteroatoms. The molecule has 0 fully saturated rings. The fraction of sp³-hybridized carbons (Fsp3) is 0.200. The Morgan fingerprint density at radius 2 is 1.75 bits per heavy atom. The van der Waals surface area contributed by atoms with Crippen LogP contribution in [-0.2, 0) is 19.0 Å². The molecule has 4 rings (SSSR count). The maximum Gasteiger partial charge on any atom is 0.416 e. The number of Topliss-reactive ketones (excluding diaryl/α,β-unsaturated/α-hetero) is 1. The van der Waals surface area contributed by atoms with Gasteiger partial charge in [-0.3, -0.25) is 4.79 Å². The standard InChI is InChI=1S/C25H19F3O4/c1-32-19-11-16(10-18(13-19)25(26,27)28)20-3-2-4-21-22(20)12-17(23(21)29)9-14-5-7-15(8-6-14)24(30)31/h2-8,10-11,13,17H,9,12H2,1H3,(H,30,31). The predicted octanol–water partition coefficient (Wildman–Crippen LogP) is 5.68. The second-order valence-corrected chi connectivity index (χ2v) is 7.75. The molecule has 0 radical (unpaired) electrons. The van der Waals surface area contributed by atoms with E-state index < -0.39 is 17.7 Å². The van der Waals surface area contributed by atoms with Crippen LogP contribution in [0.3, 0.4) is 0 Å². The number of fused-ring (bicyclic) bond motifs is 1. The number of hydrogen-bond donors (Lipinski definition) is 1. The highest BCUT2D eigenvalue weighted by Crippen LogP contribution is 2.40. The Bertz CT molecular complexity index is 1200. The smallest absolute Gasteiger partial charge is 0.416 e. The van der Waals surface area contributed by atoms with Gasteiger partial charge in [-0.25, -0.2) is 4.79 Å². The van der Waals surface area contributed by atoms with E-state index in [1.165, 1.54) is 25.3 Å². The average Bonchev–Trinajstić information content (AvgIpc) is 3.08. The van der Waals surface area contributed by atoms with Gasteiger partial charge in [0.25, 0.3) is 0 Å². The van der Waals surface area contributed by atoms with Crippen molar-refractivity contribution in [2.24, 2.45) is 5.92 Å². The van der Waals surface area contributed by atoms with Crippen LogP contribution in [0.5, 0.6) is 5.75 Å². The van der Waals surface area contributed by atoms with Gasteiger partial charge in [0.05, 0.1) is 18.2 Å². The van der Waals surface area contributed by atoms with Crippen LogP contribution in [0.15, 0.2) is 60.7 Å². The first-order chi connectivity index (χ1) is 15.2. The maximum atomic E-state index is 13.4. The molecule has 164 valence electrons. The monoisotopic (exact) mass is 440 g/mol. The molecule has 1 aliphatic rings. The molecule has 0 saturated heterocycles. The van der Waals surface area contributed by atoms with Crippen LogP contribution in [-0.4, -0.2) is 24.0 Å². The van der Waals surface area contributed by atoms with E-state index in [1.807, 2.05) is 0 Å². The first kappa shape index (κ1) is 21.6. The average molecular weight is 440 g/mol. The Kier molecular flexibility index (Phi) is 5.50. The van der Waals surface area contributed by atoms with Crippen LogP contribution < -0.4 is 4.74 Å². The van der Waals surface area contributed by atoms with Gasteiger partial charge in [-0.1, -0.05) is 30.3 Å². The lowest BCUT2D eigenvalue weighted by Crippen LogP contribution is -2.12. The quantitative estimate of drug-likeness (QED) is 0.555. The van der Waals surface area contributed by atoms with Gasteiger partial charge in [0.15, 0.2) is 5.78 Å². The molecule has 1 N–H and O–H groups in total. The summed E-state index contributed by atoms with van der Waals surface area (Å²) in [5.74, 6) is -1.37. The number of carbonyl (C=O) groups excluding carboxylic acids is 1. The summed E-state index contributed by atoms with van der Waals surface area (Å²) in [5.41, 5.74) is 2.30. The van der Waals surface area contributed by atoms with Gasteiger partial charge in [0.1, 0.15) is 5.75 Å². The minimum Gasteiger partial charge on any atom is -0.497 e. The van der Waals surface area contributed by atoms with Gasteiger partial charge in [-0.15, -0.1) is 0 Å². The van der Waals surface area contributed by atoms with E-state index in [9.17, 15) is 22.8 Å². The van der Waals surface area contributed by atoms with Gasteiger partial charge in [0.2, 0.25) is 0 Å². The summed E-state index contributed by atoms with van der Waals surface area (Å²) >= 11 is 0. The summed E-state index contributed by atoms with van der Waals surface area (Å²) in [5, 5.41) is 9.03. The number of methoxy groups -OCH3 is 1. The highest BCUT2D eigenvalue weighted by molar-refractivity contribution is 6.04. The van der Waals surface area contributed by atoms with Crippen molar-refractivity contribution in [1.82, 2.24) is 0 Å². The minimum absolute atomic E-state index is 0.0666. The summed E-state index contributed by atoms with van der Waals surface area (Å²) in [4.78, 5) is 24.0. The molecule has 1 atom stereocenters. The number of benzene rings is 3. The Morgan fingerprint density at radius 1 is 1.06 bits per heavy atom. The van der Waals surface area contributed by atoms with Crippen LogP contribution in [0.1, 0.15) is 37.4 Å². The molecule has 0 amide bonds. The van der Waals surface area contributed by atoms with Crippen LogP contribution in [0.4, 0.5) is 13.2 Å². The fourth-order valence-electron chi connectivity index (χ4n) is 4.14. The van der Waals surface area contributed by atoms with E-state index in [2.05, 4.69) is 0 Å². The number of carboxylic acids is 1. The van der Waals surface area contributed by atoms with Crippen LogP contribution >= 0.6 is 0 Å². The van der Waals surface area contributed by atoms with E-state index in [1.54, 1.807) is 30.3 Å². The lowest BCUT2D eigenvalue weighted by atomic mass is 9.93. The van der Waals surface area contributed by atoms with Crippen molar-refractivity contribution in [3.8, 4) is 16.9 Å². The molecule has 0 spiro atoms. The summed E-state index contributed by atoms with van der Waals surface area (Å²) in [7, 11) is 1.31. The highest BCUT2D eigenvalue weighted by Gasteiger charge is 2.34. The number of carboxylic acid groups (broad SMARTS) is 1. The number of hydrogen-bond acceptors (Lipinski definition) is 3. The lowest BCUT2D eigenvalue weighted by Gasteiger charge is -2.14. The summed E-state index contributed by atoms with van der Waals surface area (Å²) < 4.78 is 45.2. The summed E-state index contributed by atoms with van der Waals surface area (Å²) in [6.45, 7) is 0. The maximum absolute atomic E-state index is 13.4. The normalized spacial score (nSPS) is 15.5. The van der Waals surface area contributed by atoms with Gasteiger partial charge in [0, 0.05) is 11.5 Å². The summed E-state index contributed by atoms with van der Waals surface area (Å²) in [6.07, 6.45) is -3.72. The number of ether oxygens (including phenoxy) is 1. The number of ketones is 1. The van der Waals surface area contributed by atoms with Crippen LogP contribution in [0.2, 0.25) is 0 Å². The SMILES string of the molecule is COc1cc(-c2cccc3c2CC(Cc2ccc(C(=O)O)cc2)C3=O)cc(C(F)(F)F)c1. The molecule has 4 nitrogen and oxygen atoms in total. The molecule has 0 aromatic heterocycles. The third kappa shape index (κ3) is 4.10. The zero-order valence-corrected chi connectivity index (χ0v) is 17.1. The third-order valence-corrected chi connectivity index (χ3v) is 5.73.